The molecule has 30 nitrogen and oxygen atoms in total. The maximum absolute atomic E-state index is 13.5. The first-order valence-corrected chi connectivity index (χ1v) is 51.3. The van der Waals surface area contributed by atoms with Crippen molar-refractivity contribution in [3.8, 4) is 69.0 Å². The van der Waals surface area contributed by atoms with E-state index in [2.05, 4.69) is 125 Å². The molecule has 31 heteroatoms. The minimum absolute atomic E-state index is 0.00104. The quantitative estimate of drug-likeness (QED) is 0.0130. The van der Waals surface area contributed by atoms with Gasteiger partial charge in [-0.1, -0.05) is 63.6 Å². The van der Waals surface area contributed by atoms with Gasteiger partial charge in [0.2, 0.25) is 12.5 Å². The van der Waals surface area contributed by atoms with Crippen molar-refractivity contribution in [2.75, 3.05) is 143 Å². The van der Waals surface area contributed by atoms with Crippen LogP contribution < -0.4 is 68.5 Å². The lowest BCUT2D eigenvalue weighted by atomic mass is 9.64. The third-order valence-electron chi connectivity index (χ3n) is 32.2. The van der Waals surface area contributed by atoms with E-state index >= 15 is 0 Å². The second-order valence-electron chi connectivity index (χ2n) is 41.8. The minimum Gasteiger partial charge on any atom is -0.508 e. The van der Waals surface area contributed by atoms with Crippen LogP contribution in [0.1, 0.15) is 228 Å². The Morgan fingerprint density at radius 1 is 0.579 bits per heavy atom. The van der Waals surface area contributed by atoms with Crippen LogP contribution in [0.25, 0.3) is 10.9 Å². The molecule has 3 saturated heterocycles. The molecule has 8 aromatic carbocycles. The number of carbonyl (C=O) groups is 2. The SMILES string of the molecule is CC(C)(C)NCC(O)c1ccc(O)c(CO)c1.CC[C@H]1CN2CCc3cc(CO)c(CO)cc3[C@@H]2C[C@@H]1CC1NCCc2cc(OC)c(OC)cc21.COc1cc(C(=O)O[C@@H]2C[C@@H]3CN4CCc5c([nH]c6cc(CO)ccc56)[C@H]4C[C@@H]3[C@H](COC=O)[C@H]2OC)cc(OC)c1OC.COc1cc2c(cc1OC)C1CC(N)C(CC(C)C)CN1CC2.COc1ccc2c(c1OC)CN1CCc3cc4c(cc3C1C2)OCO4.[3H][B]. The number of esters is 1. The molecule has 0 bridgehead atoms. The molecule has 1 aromatic heterocycles. The van der Waals surface area contributed by atoms with Gasteiger partial charge in [0.1, 0.15) is 18.0 Å². The van der Waals surface area contributed by atoms with Gasteiger partial charge in [0.15, 0.2) is 57.5 Å². The number of ether oxygens (including phenoxy) is 14. The molecule has 0 amide bonds. The van der Waals surface area contributed by atoms with E-state index < -0.39 is 24.3 Å². The van der Waals surface area contributed by atoms with Crippen LogP contribution in [0.4, 0.5) is 0 Å². The highest BCUT2D eigenvalue weighted by Gasteiger charge is 2.53. The lowest BCUT2D eigenvalue weighted by molar-refractivity contribution is -0.157. The summed E-state index contributed by atoms with van der Waals surface area (Å²) < 4.78 is 83.5. The van der Waals surface area contributed by atoms with Gasteiger partial charge in [-0.3, -0.25) is 24.4 Å². The second kappa shape index (κ2) is 48.6. The number of carbonyl (C=O) groups excluding carboxylic acids is 2. The summed E-state index contributed by atoms with van der Waals surface area (Å²) in [5, 5.41) is 66.0. The van der Waals surface area contributed by atoms with Crippen LogP contribution in [-0.4, -0.2) is 245 Å². The van der Waals surface area contributed by atoms with E-state index in [-0.39, 0.29) is 79.7 Å². The van der Waals surface area contributed by atoms with E-state index in [0.717, 1.165) is 191 Å². The van der Waals surface area contributed by atoms with Crippen molar-refractivity contribution >= 4 is 31.7 Å². The number of aliphatic hydroxyl groups excluding tert-OH is 5. The molecule has 11 aliphatic rings. The van der Waals surface area contributed by atoms with Crippen molar-refractivity contribution in [3.05, 3.63) is 209 Å². The lowest BCUT2D eigenvalue weighted by Gasteiger charge is -2.53. The zero-order valence-electron chi connectivity index (χ0n) is 88.4. The molecule has 145 heavy (non-hydrogen) atoms. The normalized spacial score (nSPS) is 23.8. The number of benzene rings is 8. The number of H-pyrrole nitrogens is 1. The number of β-amino-alcohol motifs (C(OH)–C–C–N with tert-alkyl or cyclic N) is 1. The third kappa shape index (κ3) is 23.6. The highest BCUT2D eigenvalue weighted by Crippen LogP contribution is 2.55. The molecule has 1 saturated carbocycles. The Balaban J connectivity index is 0.000000141. The molecule has 9 aromatic rings. The topological polar surface area (TPSA) is 364 Å². The van der Waals surface area contributed by atoms with Crippen LogP contribution in [-0.2, 0) is 90.5 Å². The van der Waals surface area contributed by atoms with Crippen molar-refractivity contribution in [2.45, 2.75) is 218 Å². The van der Waals surface area contributed by atoms with Gasteiger partial charge >= 0.3 is 5.97 Å². The Morgan fingerprint density at radius 2 is 1.17 bits per heavy atom. The standard InChI is InChI=1S/C33H40N2O9.C29H40N2O4.C20H21NO4.C19H30N2O2.C13H21NO3.BH/c1-39-27-10-19(11-28(40-2)32(27)42-4)33(38)44-29-12-20-14-35-8-7-22-21-6-5-18(15-36)9-25(21)34-30(22)26(35)13-23(20)24(16-43-17-37)31(29)41-3;1-4-18-15-31-8-6-20-9-22(16-32)23(17-33)10-25(20)27(31)12-21(18)11-26-24-14-29(35-3)28(34-2)13-19(24)5-7-30-26;1-22-17-4-3-12-7-16-14-9-19-18(24-11-25-19)8-13(14)5-6-21(16)10-15(12)20(17)23-2;1-12(2)7-14-11-21-6-5-13-8-18(22-3)19(23-4)9-15(13)17(21)10-16(14)20;1-13(2,3)14-7-12(17)9-4-5-11(16)10(6-9)8-15;/h5-6,9-11,17,20,23-24,26,29,31,34,36H,7-8,12-16H2,1-4H3;9-10,13-14,18,21,26-27,30,32-33H,4-8,11-12,15-17H2,1-3H3;3-4,8-9,16H,5-7,10-11H2,1-2H3;8-9,12,14,16-17H,5-7,10-11,20H2,1-4H3;4-6,12,14-17H,7-8H2,1-3H3;1H/t20-,23+,24+,26-,29-,31-;18-,21-,26?,27-;;;;/m10..../s1/i;;;;;1T. The number of hydrogen-bond acceptors (Lipinski definition) is 29. The molecule has 1 aliphatic carbocycles. The number of phenols is 1. The summed E-state index contributed by atoms with van der Waals surface area (Å²) in [7, 11) is 20.1. The number of nitrogens with zero attached hydrogens (tertiary/aromatic N) is 4. The zero-order valence-corrected chi connectivity index (χ0v) is 87.4. The number of nitrogens with two attached hydrogens (primary N) is 1. The zero-order chi connectivity index (χ0) is 104. The average Bonchev–Trinajstić information content (AvgIpc) is 1.48. The van der Waals surface area contributed by atoms with Gasteiger partial charge in [0.05, 0.1) is 115 Å². The molecule has 4 fully saturated rings. The highest BCUT2D eigenvalue weighted by molar-refractivity contribution is 5.91. The number of piperidine rings is 3. The number of fused-ring (bicyclic) bond motifs is 18. The predicted molar refractivity (Wildman–Crippen MR) is 557 cm³/mol. The summed E-state index contributed by atoms with van der Waals surface area (Å²) in [5.74, 6) is 10.2. The number of aliphatic hydroxyl groups is 5. The number of aromatic hydroxyl groups is 1. The fourth-order valence-electron chi connectivity index (χ4n) is 24.9. The van der Waals surface area contributed by atoms with Crippen LogP contribution in [0.3, 0.4) is 0 Å². The maximum Gasteiger partial charge on any atom is 0.338 e. The van der Waals surface area contributed by atoms with Crippen LogP contribution in [0.2, 0.25) is 0 Å². The molecule has 6 unspecified atom stereocenters. The predicted octanol–water partition coefficient (Wildman–Crippen LogP) is 14.3. The monoisotopic (exact) mass is 2000 g/mol. The first kappa shape index (κ1) is 107. The molecule has 784 valence electrons. The highest BCUT2D eigenvalue weighted by atomic mass is 16.7. The Morgan fingerprint density at radius 3 is 1.80 bits per heavy atom. The van der Waals surface area contributed by atoms with Gasteiger partial charge in [-0.25, -0.2) is 4.79 Å². The molecule has 11 heterocycles. The van der Waals surface area contributed by atoms with E-state index in [1.807, 2.05) is 39.0 Å². The van der Waals surface area contributed by atoms with Crippen molar-refractivity contribution < 1.29 is 107 Å². The van der Waals surface area contributed by atoms with Gasteiger partial charge in [-0.05, 0) is 292 Å². The number of aromatic nitrogens is 1. The number of hydrogen-bond donors (Lipinski definition) is 10. The molecular formula is C114H153BN8O22. The van der Waals surface area contributed by atoms with Gasteiger partial charge in [-0.15, -0.1) is 0 Å². The number of rotatable bonds is 27. The minimum atomic E-state index is -0.653. The molecular weight excluding hydrogens is 1840 g/mol. The maximum atomic E-state index is 13.5. The number of aromatic amines is 1. The Labute approximate surface area is 857 Å². The van der Waals surface area contributed by atoms with Crippen molar-refractivity contribution in [1.29, 1.82) is 1.34 Å². The molecule has 15 atom stereocenters. The first-order valence-electron chi connectivity index (χ1n) is 51.9. The Kier molecular flexibility index (Phi) is 35.9. The van der Waals surface area contributed by atoms with Crippen LogP contribution in [0.15, 0.2) is 109 Å². The summed E-state index contributed by atoms with van der Waals surface area (Å²) in [6.45, 7) is 23.2. The molecule has 20 rings (SSSR count). The molecule has 10 aliphatic heterocycles. The second-order valence-corrected chi connectivity index (χ2v) is 41.8. The molecule has 2 radical (unpaired) electrons. The Bertz CT molecular complexity index is 5910. The fourth-order valence-corrected chi connectivity index (χ4v) is 24.9. The largest absolute Gasteiger partial charge is 0.508 e. The summed E-state index contributed by atoms with van der Waals surface area (Å²) in [6.07, 6.45) is 11.6. The van der Waals surface area contributed by atoms with Gasteiger partial charge < -0.3 is 118 Å². The summed E-state index contributed by atoms with van der Waals surface area (Å²) in [6, 6.07) is 37.5. The third-order valence-corrected chi connectivity index (χ3v) is 32.2. The van der Waals surface area contributed by atoms with Crippen LogP contribution in [0, 0.1) is 41.4 Å². The lowest BCUT2D eigenvalue weighted by Crippen LogP contribution is -2.57. The van der Waals surface area contributed by atoms with Crippen LogP contribution in [0.5, 0.6) is 69.0 Å². The van der Waals surface area contributed by atoms with Crippen molar-refractivity contribution in [2.24, 2.45) is 47.2 Å². The van der Waals surface area contributed by atoms with E-state index in [4.69, 9.17) is 78.5 Å². The average molecular weight is 2000 g/mol. The first-order chi connectivity index (χ1) is 70.7. The van der Waals surface area contributed by atoms with Gasteiger partial charge in [0.25, 0.3) is 6.47 Å². The summed E-state index contributed by atoms with van der Waals surface area (Å²) >= 11 is 0. The van der Waals surface area contributed by atoms with Crippen LogP contribution >= 0.6 is 0 Å². The van der Waals surface area contributed by atoms with E-state index in [9.17, 15) is 35.1 Å². The van der Waals surface area contributed by atoms with E-state index in [0.29, 0.717) is 102 Å². The van der Waals surface area contributed by atoms with E-state index in [1.165, 1.54) is 113 Å². The smallest absolute Gasteiger partial charge is 0.338 e. The Hall–Kier alpha value is -10.6. The molecule has 11 N–H and O–H groups in total. The van der Waals surface area contributed by atoms with Gasteiger partial charge in [-0.2, -0.15) is 0 Å². The number of nitrogens with one attached hydrogen (secondary N) is 3. The number of methoxy groups -OCH3 is 10. The summed E-state index contributed by atoms with van der Waals surface area (Å²) in [5.41, 5.74) is 27.6. The summed E-state index contributed by atoms with van der Waals surface area (Å²) in [4.78, 5) is 38.9. The van der Waals surface area contributed by atoms with E-state index in [1.54, 1.807) is 74.0 Å². The van der Waals surface area contributed by atoms with Crippen molar-refractivity contribution in [1.82, 2.24) is 35.2 Å². The van der Waals surface area contributed by atoms with Crippen molar-refractivity contribution in [3.63, 3.8) is 0 Å². The fraction of sp³-hybridized carbons (Fsp3) is 0.544. The molecule has 0 spiro atoms. The van der Waals surface area contributed by atoms with Gasteiger partial charge in [0, 0.05) is 144 Å².